The van der Waals surface area contributed by atoms with Gasteiger partial charge in [-0.15, -0.1) is 0 Å². The molecule has 1 aliphatic carbocycles. The Hall–Kier alpha value is -1.61. The molecule has 0 aromatic carbocycles. The minimum absolute atomic E-state index is 0.482. The van der Waals surface area contributed by atoms with Crippen molar-refractivity contribution in [1.29, 1.82) is 0 Å². The van der Waals surface area contributed by atoms with Crippen LogP contribution < -0.4 is 0 Å². The van der Waals surface area contributed by atoms with Gasteiger partial charge in [-0.2, -0.15) is 0 Å². The fourth-order valence-corrected chi connectivity index (χ4v) is 3.27. The molecule has 3 heterocycles. The number of nitrogens with one attached hydrogen (secondary N) is 1. The van der Waals surface area contributed by atoms with Crippen LogP contribution in [0.2, 0.25) is 0 Å². The first-order valence-electron chi connectivity index (χ1n) is 7.16. The summed E-state index contributed by atoms with van der Waals surface area (Å²) in [4.78, 5) is 10.3. The number of H-pyrrole nitrogens is 1. The van der Waals surface area contributed by atoms with Gasteiger partial charge in [-0.25, -0.2) is 4.98 Å². The number of likely N-dealkylation sites (N-methyl/N-ethyl adjacent to an activating group) is 1. The topological polar surface area (TPSA) is 31.9 Å². The number of fused-ring (bicyclic) bond motifs is 1. The smallest absolute Gasteiger partial charge is 0.137 e. The Morgan fingerprint density at radius 3 is 3.11 bits per heavy atom. The molecular weight excluding hydrogens is 234 g/mol. The van der Waals surface area contributed by atoms with Crippen LogP contribution in [-0.4, -0.2) is 34.5 Å². The van der Waals surface area contributed by atoms with Crippen LogP contribution in [0.15, 0.2) is 30.6 Å². The van der Waals surface area contributed by atoms with Crippen LogP contribution in [0.4, 0.5) is 0 Å². The molecule has 1 spiro atoms. The Morgan fingerprint density at radius 2 is 2.32 bits per heavy atom. The summed E-state index contributed by atoms with van der Waals surface area (Å²) in [5.74, 6) is 0. The zero-order valence-electron chi connectivity index (χ0n) is 11.3. The number of aromatic nitrogens is 2. The highest BCUT2D eigenvalue weighted by Gasteiger charge is 2.44. The van der Waals surface area contributed by atoms with E-state index in [-0.39, 0.29) is 0 Å². The van der Waals surface area contributed by atoms with Gasteiger partial charge >= 0.3 is 0 Å². The second-order valence-corrected chi connectivity index (χ2v) is 5.94. The van der Waals surface area contributed by atoms with Crippen LogP contribution in [0.1, 0.15) is 25.3 Å². The molecule has 1 aliphatic heterocycles. The third kappa shape index (κ3) is 1.80. The van der Waals surface area contributed by atoms with Crippen molar-refractivity contribution in [1.82, 2.24) is 14.9 Å². The van der Waals surface area contributed by atoms with Crippen LogP contribution in [0.25, 0.3) is 16.6 Å². The molecule has 1 saturated carbocycles. The normalized spacial score (nSPS) is 21.8. The standard InChI is InChI=1S/C16H19N3/c1-2-19-10-12(8-16(11-19)5-6-16)14-9-18-15-13(14)4-3-7-17-15/h3-4,7-9H,2,5-6,10-11H2,1H3,(H,17,18). The monoisotopic (exact) mass is 253 g/mol. The van der Waals surface area contributed by atoms with Gasteiger partial charge in [0.2, 0.25) is 0 Å². The van der Waals surface area contributed by atoms with E-state index in [0.29, 0.717) is 5.41 Å². The molecule has 0 radical (unpaired) electrons. The second kappa shape index (κ2) is 3.94. The summed E-state index contributed by atoms with van der Waals surface area (Å²) in [7, 11) is 0. The Labute approximate surface area is 113 Å². The molecule has 0 bridgehead atoms. The van der Waals surface area contributed by atoms with Crippen LogP contribution in [0.3, 0.4) is 0 Å². The summed E-state index contributed by atoms with van der Waals surface area (Å²) >= 11 is 0. The van der Waals surface area contributed by atoms with Crippen molar-refractivity contribution in [3.8, 4) is 0 Å². The highest BCUT2D eigenvalue weighted by atomic mass is 15.1. The summed E-state index contributed by atoms with van der Waals surface area (Å²) in [5.41, 5.74) is 4.30. The van der Waals surface area contributed by atoms with Crippen molar-refractivity contribution in [3.05, 3.63) is 36.2 Å². The van der Waals surface area contributed by atoms with Crippen LogP contribution >= 0.6 is 0 Å². The highest BCUT2D eigenvalue weighted by molar-refractivity contribution is 5.91. The zero-order valence-corrected chi connectivity index (χ0v) is 11.3. The largest absolute Gasteiger partial charge is 0.346 e. The average molecular weight is 253 g/mol. The van der Waals surface area contributed by atoms with E-state index in [0.717, 1.165) is 18.7 Å². The number of rotatable bonds is 2. The number of aromatic amines is 1. The third-order valence-corrected chi connectivity index (χ3v) is 4.55. The average Bonchev–Trinajstić information content (AvgIpc) is 3.04. The fourth-order valence-electron chi connectivity index (χ4n) is 3.27. The maximum absolute atomic E-state index is 4.39. The predicted octanol–water partition coefficient (Wildman–Crippen LogP) is 3.06. The van der Waals surface area contributed by atoms with E-state index >= 15 is 0 Å². The minimum atomic E-state index is 0.482. The van der Waals surface area contributed by atoms with Gasteiger partial charge in [-0.3, -0.25) is 4.90 Å². The fraction of sp³-hybridized carbons (Fsp3) is 0.438. The Balaban J connectivity index is 1.81. The van der Waals surface area contributed by atoms with Crippen molar-refractivity contribution in [3.63, 3.8) is 0 Å². The summed E-state index contributed by atoms with van der Waals surface area (Å²) in [6, 6.07) is 4.19. The van der Waals surface area contributed by atoms with Gasteiger partial charge in [0.1, 0.15) is 5.65 Å². The molecule has 1 N–H and O–H groups in total. The van der Waals surface area contributed by atoms with E-state index in [1.165, 1.54) is 35.9 Å². The van der Waals surface area contributed by atoms with E-state index in [1.54, 1.807) is 0 Å². The van der Waals surface area contributed by atoms with Crippen LogP contribution in [-0.2, 0) is 0 Å². The Morgan fingerprint density at radius 1 is 1.42 bits per heavy atom. The van der Waals surface area contributed by atoms with Crippen LogP contribution in [0.5, 0.6) is 0 Å². The molecular formula is C16H19N3. The molecule has 0 unspecified atom stereocenters. The number of hydrogen-bond donors (Lipinski definition) is 1. The van der Waals surface area contributed by atoms with Crippen molar-refractivity contribution in [2.75, 3.05) is 19.6 Å². The van der Waals surface area contributed by atoms with Gasteiger partial charge in [0, 0.05) is 41.8 Å². The lowest BCUT2D eigenvalue weighted by atomic mass is 9.93. The summed E-state index contributed by atoms with van der Waals surface area (Å²) < 4.78 is 0. The maximum atomic E-state index is 4.39. The van der Waals surface area contributed by atoms with Crippen LogP contribution in [0, 0.1) is 5.41 Å². The molecule has 4 rings (SSSR count). The quantitative estimate of drug-likeness (QED) is 0.892. The number of nitrogens with zero attached hydrogens (tertiary/aromatic N) is 2. The molecule has 2 aromatic rings. The summed E-state index contributed by atoms with van der Waals surface area (Å²) in [5, 5.41) is 1.25. The Bertz CT molecular complexity index is 649. The molecule has 98 valence electrons. The molecule has 3 nitrogen and oxygen atoms in total. The van der Waals surface area contributed by atoms with Gasteiger partial charge in [-0.1, -0.05) is 13.0 Å². The third-order valence-electron chi connectivity index (χ3n) is 4.55. The second-order valence-electron chi connectivity index (χ2n) is 5.94. The predicted molar refractivity (Wildman–Crippen MR) is 77.9 cm³/mol. The van der Waals surface area contributed by atoms with E-state index in [1.807, 2.05) is 12.3 Å². The SMILES string of the molecule is CCN1CC(c2c[nH]c3ncccc23)=CC2(CC2)C1. The van der Waals surface area contributed by atoms with Gasteiger partial charge in [0.15, 0.2) is 0 Å². The summed E-state index contributed by atoms with van der Waals surface area (Å²) in [6.45, 7) is 5.71. The molecule has 19 heavy (non-hydrogen) atoms. The lowest BCUT2D eigenvalue weighted by molar-refractivity contribution is 0.268. The van der Waals surface area contributed by atoms with E-state index in [2.05, 4.69) is 40.1 Å². The molecule has 1 fully saturated rings. The molecule has 2 aliphatic rings. The molecule has 3 heteroatoms. The first kappa shape index (κ1) is 11.2. The molecule has 0 atom stereocenters. The van der Waals surface area contributed by atoms with Crippen molar-refractivity contribution >= 4 is 16.6 Å². The molecule has 0 saturated heterocycles. The number of pyridine rings is 1. The first-order valence-corrected chi connectivity index (χ1v) is 7.16. The summed E-state index contributed by atoms with van der Waals surface area (Å²) in [6.07, 6.45) is 9.22. The van der Waals surface area contributed by atoms with Gasteiger partial charge < -0.3 is 4.98 Å². The molecule has 2 aromatic heterocycles. The zero-order chi connectivity index (χ0) is 12.9. The Kier molecular flexibility index (Phi) is 2.33. The lowest BCUT2D eigenvalue weighted by Gasteiger charge is -2.31. The van der Waals surface area contributed by atoms with Crippen molar-refractivity contribution < 1.29 is 0 Å². The van der Waals surface area contributed by atoms with Gasteiger partial charge in [0.25, 0.3) is 0 Å². The molecule has 0 amide bonds. The van der Waals surface area contributed by atoms with Gasteiger partial charge in [0.05, 0.1) is 0 Å². The highest BCUT2D eigenvalue weighted by Crippen LogP contribution is 2.51. The minimum Gasteiger partial charge on any atom is -0.346 e. The van der Waals surface area contributed by atoms with E-state index in [9.17, 15) is 0 Å². The first-order chi connectivity index (χ1) is 9.30. The lowest BCUT2D eigenvalue weighted by Crippen LogP contribution is -2.35. The number of hydrogen-bond acceptors (Lipinski definition) is 2. The maximum Gasteiger partial charge on any atom is 0.137 e. The van der Waals surface area contributed by atoms with Gasteiger partial charge in [-0.05, 0) is 37.1 Å². The van der Waals surface area contributed by atoms with Crippen molar-refractivity contribution in [2.45, 2.75) is 19.8 Å². The van der Waals surface area contributed by atoms with Crippen molar-refractivity contribution in [2.24, 2.45) is 5.41 Å². The van der Waals surface area contributed by atoms with E-state index < -0.39 is 0 Å². The van der Waals surface area contributed by atoms with E-state index in [4.69, 9.17) is 0 Å².